The van der Waals surface area contributed by atoms with Crippen molar-refractivity contribution in [2.45, 2.75) is 194 Å². The molecule has 0 radical (unpaired) electrons. The van der Waals surface area contributed by atoms with Crippen LogP contribution in [0.25, 0.3) is 0 Å². The number of rotatable bonds is 33. The van der Waals surface area contributed by atoms with Crippen molar-refractivity contribution in [3.05, 3.63) is 0 Å². The van der Waals surface area contributed by atoms with Crippen LogP contribution in [0.5, 0.6) is 0 Å². The molecular formula is C38H82Br2N2O4. The van der Waals surface area contributed by atoms with Gasteiger partial charge in [0, 0.05) is 0 Å². The zero-order valence-corrected chi connectivity index (χ0v) is 34.7. The van der Waals surface area contributed by atoms with E-state index in [0.717, 1.165) is 87.0 Å². The van der Waals surface area contributed by atoms with Gasteiger partial charge in [-0.2, -0.15) is 0 Å². The quantitative estimate of drug-likeness (QED) is 0.0607. The average Bonchev–Trinajstić information content (AvgIpc) is 2.92. The lowest BCUT2D eigenvalue weighted by Crippen LogP contribution is -3.00. The van der Waals surface area contributed by atoms with Gasteiger partial charge < -0.3 is 63.4 Å². The summed E-state index contributed by atoms with van der Waals surface area (Å²) in [5, 5.41) is 41.6. The fraction of sp³-hybridized carbons (Fsp3) is 1.00. The monoisotopic (exact) mass is 788 g/mol. The molecule has 282 valence electrons. The van der Waals surface area contributed by atoms with E-state index >= 15 is 0 Å². The van der Waals surface area contributed by atoms with Crippen LogP contribution in [0.3, 0.4) is 0 Å². The summed E-state index contributed by atoms with van der Waals surface area (Å²) >= 11 is 0. The van der Waals surface area contributed by atoms with Gasteiger partial charge in [-0.1, -0.05) is 90.9 Å². The van der Waals surface area contributed by atoms with E-state index in [4.69, 9.17) is 0 Å². The van der Waals surface area contributed by atoms with Crippen LogP contribution in [-0.2, 0) is 0 Å². The Bertz CT molecular complexity index is 552. The number of hydrogen-bond acceptors (Lipinski definition) is 4. The number of aliphatic hydroxyl groups is 4. The minimum absolute atomic E-state index is 0. The van der Waals surface area contributed by atoms with Crippen molar-refractivity contribution in [2.24, 2.45) is 0 Å². The second-order valence-corrected chi connectivity index (χ2v) is 15.1. The zero-order valence-electron chi connectivity index (χ0n) is 31.5. The second kappa shape index (κ2) is 32.9. The molecule has 0 aliphatic rings. The molecule has 0 aromatic heterocycles. The molecule has 0 aliphatic carbocycles. The first-order chi connectivity index (χ1) is 21.0. The molecule has 8 heteroatoms. The highest BCUT2D eigenvalue weighted by molar-refractivity contribution is 4.60. The maximum atomic E-state index is 10.4. The average molecular weight is 791 g/mol. The van der Waals surface area contributed by atoms with Crippen LogP contribution < -0.4 is 34.0 Å². The van der Waals surface area contributed by atoms with Crippen LogP contribution in [-0.4, -0.2) is 106 Å². The van der Waals surface area contributed by atoms with Crippen molar-refractivity contribution < 1.29 is 63.4 Å². The number of hydrogen-bond donors (Lipinski definition) is 4. The Hall–Kier alpha value is 0.720. The molecule has 0 fully saturated rings. The Morgan fingerprint density at radius 1 is 0.326 bits per heavy atom. The molecule has 0 aliphatic heterocycles. The molecule has 0 aromatic rings. The predicted molar refractivity (Wildman–Crippen MR) is 190 cm³/mol. The Labute approximate surface area is 308 Å². The van der Waals surface area contributed by atoms with Crippen LogP contribution in [0.4, 0.5) is 0 Å². The summed E-state index contributed by atoms with van der Waals surface area (Å²) in [7, 11) is 0. The zero-order chi connectivity index (χ0) is 33.1. The summed E-state index contributed by atoms with van der Waals surface area (Å²) in [6.07, 6.45) is 23.9. The molecule has 0 spiro atoms. The number of quaternary nitrogens is 2. The van der Waals surface area contributed by atoms with Crippen molar-refractivity contribution in [3.8, 4) is 0 Å². The van der Waals surface area contributed by atoms with Gasteiger partial charge >= 0.3 is 0 Å². The Balaban J connectivity index is -0.00000924. The van der Waals surface area contributed by atoms with E-state index in [1.165, 1.54) is 103 Å². The topological polar surface area (TPSA) is 80.9 Å². The van der Waals surface area contributed by atoms with Crippen molar-refractivity contribution in [3.63, 3.8) is 0 Å². The normalized spacial score (nSPS) is 16.8. The summed E-state index contributed by atoms with van der Waals surface area (Å²) in [5.74, 6) is 0. The van der Waals surface area contributed by atoms with Gasteiger partial charge in [0.15, 0.2) is 0 Å². The summed E-state index contributed by atoms with van der Waals surface area (Å²) in [6.45, 7) is 19.2. The predicted octanol–water partition coefficient (Wildman–Crippen LogP) is 1.99. The van der Waals surface area contributed by atoms with Gasteiger partial charge in [-0.3, -0.25) is 0 Å². The molecule has 4 N–H and O–H groups in total. The van der Waals surface area contributed by atoms with E-state index in [2.05, 4.69) is 13.8 Å². The lowest BCUT2D eigenvalue weighted by atomic mass is 10.1. The second-order valence-electron chi connectivity index (χ2n) is 15.1. The fourth-order valence-corrected chi connectivity index (χ4v) is 7.76. The van der Waals surface area contributed by atoms with Gasteiger partial charge in [0.2, 0.25) is 0 Å². The minimum atomic E-state index is -0.363. The summed E-state index contributed by atoms with van der Waals surface area (Å²) in [6, 6.07) is 0. The maximum absolute atomic E-state index is 10.4. The fourth-order valence-electron chi connectivity index (χ4n) is 7.76. The van der Waals surface area contributed by atoms with Crippen molar-refractivity contribution in [1.29, 1.82) is 0 Å². The van der Waals surface area contributed by atoms with E-state index in [1.807, 2.05) is 27.7 Å². The van der Waals surface area contributed by atoms with Crippen LogP contribution in [0.15, 0.2) is 0 Å². The molecule has 0 saturated heterocycles. The number of aliphatic hydroxyl groups excluding tert-OH is 4. The van der Waals surface area contributed by atoms with Gasteiger partial charge in [0.25, 0.3) is 0 Å². The summed E-state index contributed by atoms with van der Waals surface area (Å²) in [5.41, 5.74) is 0. The molecule has 0 saturated carbocycles. The molecule has 4 atom stereocenters. The lowest BCUT2D eigenvalue weighted by molar-refractivity contribution is -0.934. The molecule has 0 aromatic carbocycles. The highest BCUT2D eigenvalue weighted by Gasteiger charge is 2.31. The van der Waals surface area contributed by atoms with Crippen LogP contribution in [0.1, 0.15) is 170 Å². The summed E-state index contributed by atoms with van der Waals surface area (Å²) < 4.78 is 1.65. The van der Waals surface area contributed by atoms with Gasteiger partial charge in [-0.05, 0) is 79.1 Å². The molecule has 0 heterocycles. The lowest BCUT2D eigenvalue weighted by Gasteiger charge is -2.41. The van der Waals surface area contributed by atoms with Crippen LogP contribution in [0.2, 0.25) is 0 Å². The van der Waals surface area contributed by atoms with Crippen molar-refractivity contribution in [1.82, 2.24) is 0 Å². The molecule has 4 unspecified atom stereocenters. The van der Waals surface area contributed by atoms with E-state index < -0.39 is 0 Å². The van der Waals surface area contributed by atoms with Crippen molar-refractivity contribution in [2.75, 3.05) is 52.4 Å². The smallest absolute Gasteiger partial charge is 0.105 e. The molecule has 46 heavy (non-hydrogen) atoms. The number of unbranched alkanes of at least 4 members (excludes halogenated alkanes) is 17. The van der Waals surface area contributed by atoms with E-state index in [9.17, 15) is 20.4 Å². The third-order valence-electron chi connectivity index (χ3n) is 9.59. The van der Waals surface area contributed by atoms with Crippen molar-refractivity contribution >= 4 is 0 Å². The van der Waals surface area contributed by atoms with Gasteiger partial charge in [-0.15, -0.1) is 0 Å². The molecular weight excluding hydrogens is 708 g/mol. The Kier molecular flexibility index (Phi) is 36.5. The maximum Gasteiger partial charge on any atom is 0.105 e. The van der Waals surface area contributed by atoms with Gasteiger partial charge in [0.1, 0.15) is 50.6 Å². The Morgan fingerprint density at radius 3 is 0.674 bits per heavy atom. The van der Waals surface area contributed by atoms with Crippen LogP contribution in [0, 0.1) is 0 Å². The molecule has 0 rings (SSSR count). The first-order valence-corrected chi connectivity index (χ1v) is 19.4. The first-order valence-electron chi connectivity index (χ1n) is 19.4. The third-order valence-corrected chi connectivity index (χ3v) is 9.59. The standard InChI is InChI=1S/C38H82N2O4.2BrH/c1-7-9-11-13-15-17-19-23-27-39(31-35(3)41,32-36(4)42)29-25-21-22-26-30-40(33-37(5)43,34-38(6)44)28-24-20-18-16-14-12-10-8-2;;/h35-38,41-44H,7-34H2,1-6H3;2*1H/q+2;;/p-2. The molecule has 6 nitrogen and oxygen atoms in total. The number of halogens is 2. The summed E-state index contributed by atoms with van der Waals surface area (Å²) in [4.78, 5) is 0. The van der Waals surface area contributed by atoms with E-state index in [1.54, 1.807) is 0 Å². The minimum Gasteiger partial charge on any atom is -1.00 e. The highest BCUT2D eigenvalue weighted by Crippen LogP contribution is 2.20. The van der Waals surface area contributed by atoms with Crippen LogP contribution >= 0.6 is 0 Å². The third kappa shape index (κ3) is 29.6. The van der Waals surface area contributed by atoms with E-state index in [-0.39, 0.29) is 58.4 Å². The highest BCUT2D eigenvalue weighted by atomic mass is 79.9. The molecule has 0 bridgehead atoms. The SMILES string of the molecule is CCCCCCCCCC[N+](CCCCCC[N+](CCCCCCCCCC)(CC(C)O)CC(C)O)(CC(C)O)CC(C)O.[Br-].[Br-]. The van der Waals surface area contributed by atoms with Gasteiger partial charge in [-0.25, -0.2) is 0 Å². The molecule has 0 amide bonds. The van der Waals surface area contributed by atoms with Gasteiger partial charge in [0.05, 0.1) is 26.2 Å². The van der Waals surface area contributed by atoms with E-state index in [0.29, 0.717) is 0 Å². The first kappa shape index (κ1) is 51.1. The number of nitrogens with zero attached hydrogens (tertiary/aromatic N) is 2. The largest absolute Gasteiger partial charge is 1.00 e. The Morgan fingerprint density at radius 2 is 0.500 bits per heavy atom.